The van der Waals surface area contributed by atoms with Gasteiger partial charge in [0, 0.05) is 12.0 Å². The van der Waals surface area contributed by atoms with Crippen LogP contribution in [-0.2, 0) is 9.53 Å². The molecular formula is C9H11NO3S. The van der Waals surface area contributed by atoms with Crippen molar-refractivity contribution >= 4 is 17.3 Å². The average Bonchev–Trinajstić information content (AvgIpc) is 2.70. The van der Waals surface area contributed by atoms with Gasteiger partial charge in [-0.05, 0) is 12.8 Å². The third kappa shape index (κ3) is 1.78. The minimum atomic E-state index is -0.789. The van der Waals surface area contributed by atoms with Crippen LogP contribution in [0.2, 0.25) is 0 Å². The predicted octanol–water partition coefficient (Wildman–Crippen LogP) is 1.70. The van der Waals surface area contributed by atoms with Crippen molar-refractivity contribution in [3.63, 3.8) is 0 Å². The molecule has 0 saturated carbocycles. The van der Waals surface area contributed by atoms with Gasteiger partial charge in [-0.1, -0.05) is 0 Å². The van der Waals surface area contributed by atoms with Crippen molar-refractivity contribution in [2.75, 3.05) is 6.61 Å². The van der Waals surface area contributed by atoms with Crippen molar-refractivity contribution in [1.82, 2.24) is 4.98 Å². The van der Waals surface area contributed by atoms with Gasteiger partial charge in [-0.2, -0.15) is 0 Å². The largest absolute Gasteiger partial charge is 0.481 e. The monoisotopic (exact) mass is 213 g/mol. The molecule has 2 atom stereocenters. The smallest absolute Gasteiger partial charge is 0.309 e. The number of ether oxygens (including phenoxy) is 1. The van der Waals surface area contributed by atoms with Crippen molar-refractivity contribution in [1.29, 1.82) is 0 Å². The number of rotatable bonds is 2. The number of thiazole rings is 1. The number of carboxylic acid groups (broad SMARTS) is 1. The summed E-state index contributed by atoms with van der Waals surface area (Å²) in [5.41, 5.74) is 2.45. The van der Waals surface area contributed by atoms with Crippen molar-refractivity contribution in [3.05, 3.63) is 16.6 Å². The molecule has 76 valence electrons. The number of carboxylic acids is 1. The van der Waals surface area contributed by atoms with Gasteiger partial charge < -0.3 is 9.84 Å². The quantitative estimate of drug-likeness (QED) is 0.812. The highest BCUT2D eigenvalue weighted by Crippen LogP contribution is 2.33. The lowest BCUT2D eigenvalue weighted by Gasteiger charge is -2.27. The third-order valence-electron chi connectivity index (χ3n) is 2.38. The van der Waals surface area contributed by atoms with Gasteiger partial charge in [-0.3, -0.25) is 4.79 Å². The van der Waals surface area contributed by atoms with Gasteiger partial charge in [0.25, 0.3) is 0 Å². The Morgan fingerprint density at radius 2 is 2.57 bits per heavy atom. The standard InChI is InChI=1S/C9H11NO3S/c11-9(12)6-2-1-3-13-8(6)7-4-14-5-10-7/h4-6,8H,1-3H2,(H,11,12). The summed E-state index contributed by atoms with van der Waals surface area (Å²) >= 11 is 1.46. The summed E-state index contributed by atoms with van der Waals surface area (Å²) in [6, 6.07) is 0. The topological polar surface area (TPSA) is 59.4 Å². The van der Waals surface area contributed by atoms with Crippen LogP contribution in [0.5, 0.6) is 0 Å². The van der Waals surface area contributed by atoms with Gasteiger partial charge in [0.15, 0.2) is 0 Å². The first-order chi connectivity index (χ1) is 6.79. The Morgan fingerprint density at radius 3 is 3.21 bits per heavy atom. The fourth-order valence-electron chi connectivity index (χ4n) is 1.69. The van der Waals surface area contributed by atoms with Crippen molar-refractivity contribution in [2.24, 2.45) is 5.92 Å². The lowest BCUT2D eigenvalue weighted by atomic mass is 9.93. The highest BCUT2D eigenvalue weighted by molar-refractivity contribution is 7.07. The molecule has 1 fully saturated rings. The Bertz CT molecular complexity index is 312. The molecule has 2 rings (SSSR count). The first-order valence-corrected chi connectivity index (χ1v) is 5.46. The minimum absolute atomic E-state index is 0.354. The highest BCUT2D eigenvalue weighted by atomic mass is 32.1. The minimum Gasteiger partial charge on any atom is -0.481 e. The van der Waals surface area contributed by atoms with E-state index in [1.807, 2.05) is 5.38 Å². The van der Waals surface area contributed by atoms with Crippen LogP contribution in [0.1, 0.15) is 24.6 Å². The average molecular weight is 213 g/mol. The number of hydrogen-bond acceptors (Lipinski definition) is 4. The van der Waals surface area contributed by atoms with E-state index >= 15 is 0 Å². The molecule has 1 aromatic rings. The van der Waals surface area contributed by atoms with Crippen LogP contribution >= 0.6 is 11.3 Å². The molecule has 0 spiro atoms. The molecule has 1 N–H and O–H groups in total. The normalized spacial score (nSPS) is 27.4. The lowest BCUT2D eigenvalue weighted by Crippen LogP contribution is -2.29. The molecule has 4 nitrogen and oxygen atoms in total. The molecule has 1 aliphatic heterocycles. The fourth-order valence-corrected chi connectivity index (χ4v) is 2.27. The summed E-state index contributed by atoms with van der Waals surface area (Å²) in [4.78, 5) is 15.1. The van der Waals surface area contributed by atoms with E-state index in [2.05, 4.69) is 4.98 Å². The van der Waals surface area contributed by atoms with Gasteiger partial charge in [0.1, 0.15) is 6.10 Å². The van der Waals surface area contributed by atoms with Crippen molar-refractivity contribution in [3.8, 4) is 0 Å². The molecule has 5 heteroatoms. The molecule has 2 heterocycles. The van der Waals surface area contributed by atoms with Crippen LogP contribution < -0.4 is 0 Å². The van der Waals surface area contributed by atoms with E-state index in [0.717, 1.165) is 12.1 Å². The summed E-state index contributed by atoms with van der Waals surface area (Å²) in [5.74, 6) is -1.23. The summed E-state index contributed by atoms with van der Waals surface area (Å²) in [7, 11) is 0. The number of nitrogens with zero attached hydrogens (tertiary/aromatic N) is 1. The summed E-state index contributed by atoms with van der Waals surface area (Å²) in [6.45, 7) is 0.631. The molecular weight excluding hydrogens is 202 g/mol. The summed E-state index contributed by atoms with van der Waals surface area (Å²) in [6.07, 6.45) is 1.14. The third-order valence-corrected chi connectivity index (χ3v) is 2.99. The Kier molecular flexibility index (Phi) is 2.79. The van der Waals surface area contributed by atoms with E-state index in [9.17, 15) is 4.79 Å². The van der Waals surface area contributed by atoms with Crippen LogP contribution in [0.3, 0.4) is 0 Å². The van der Waals surface area contributed by atoms with E-state index in [1.54, 1.807) is 5.51 Å². The Balaban J connectivity index is 2.18. The maximum absolute atomic E-state index is 11.0. The second-order valence-corrected chi connectivity index (χ2v) is 4.01. The maximum Gasteiger partial charge on any atom is 0.309 e. The van der Waals surface area contributed by atoms with Gasteiger partial charge in [-0.25, -0.2) is 4.98 Å². The van der Waals surface area contributed by atoms with Crippen molar-refractivity contribution in [2.45, 2.75) is 18.9 Å². The SMILES string of the molecule is O=C(O)C1CCCOC1c1cscn1. The zero-order valence-electron chi connectivity index (χ0n) is 7.55. The fraction of sp³-hybridized carbons (Fsp3) is 0.556. The molecule has 0 radical (unpaired) electrons. The second-order valence-electron chi connectivity index (χ2n) is 3.29. The van der Waals surface area contributed by atoms with Crippen LogP contribution in [0.25, 0.3) is 0 Å². The number of carbonyl (C=O) groups is 1. The van der Waals surface area contributed by atoms with E-state index in [0.29, 0.717) is 13.0 Å². The molecule has 14 heavy (non-hydrogen) atoms. The van der Waals surface area contributed by atoms with E-state index in [1.165, 1.54) is 11.3 Å². The highest BCUT2D eigenvalue weighted by Gasteiger charge is 2.33. The summed E-state index contributed by atoms with van der Waals surface area (Å²) < 4.78 is 5.46. The van der Waals surface area contributed by atoms with E-state index < -0.39 is 11.9 Å². The Labute approximate surface area is 85.5 Å². The van der Waals surface area contributed by atoms with E-state index in [-0.39, 0.29) is 6.10 Å². The zero-order chi connectivity index (χ0) is 9.97. The number of aromatic nitrogens is 1. The van der Waals surface area contributed by atoms with Crippen LogP contribution in [0, 0.1) is 5.92 Å². The molecule has 1 aromatic heterocycles. The van der Waals surface area contributed by atoms with Crippen LogP contribution in [0.4, 0.5) is 0 Å². The molecule has 2 unspecified atom stereocenters. The molecule has 0 bridgehead atoms. The van der Waals surface area contributed by atoms with Gasteiger partial charge >= 0.3 is 5.97 Å². The molecule has 1 saturated heterocycles. The van der Waals surface area contributed by atoms with Gasteiger partial charge in [0.05, 0.1) is 17.1 Å². The van der Waals surface area contributed by atoms with Gasteiger partial charge in [-0.15, -0.1) is 11.3 Å². The number of aliphatic carboxylic acids is 1. The molecule has 1 aliphatic rings. The predicted molar refractivity (Wildman–Crippen MR) is 51.2 cm³/mol. The lowest BCUT2D eigenvalue weighted by molar-refractivity contribution is -0.152. The summed E-state index contributed by atoms with van der Waals surface area (Å²) in [5, 5.41) is 10.9. The van der Waals surface area contributed by atoms with Crippen molar-refractivity contribution < 1.29 is 14.6 Å². The van der Waals surface area contributed by atoms with E-state index in [4.69, 9.17) is 9.84 Å². The Morgan fingerprint density at radius 1 is 1.71 bits per heavy atom. The zero-order valence-corrected chi connectivity index (χ0v) is 8.37. The molecule has 0 aromatic carbocycles. The first-order valence-electron chi connectivity index (χ1n) is 4.51. The second kappa shape index (κ2) is 4.06. The van der Waals surface area contributed by atoms with Gasteiger partial charge in [0.2, 0.25) is 0 Å². The first kappa shape index (κ1) is 9.61. The maximum atomic E-state index is 11.0. The number of hydrogen-bond donors (Lipinski definition) is 1. The molecule has 0 amide bonds. The van der Waals surface area contributed by atoms with Crippen LogP contribution in [-0.4, -0.2) is 22.7 Å². The Hall–Kier alpha value is -0.940. The van der Waals surface area contributed by atoms with Crippen LogP contribution in [0.15, 0.2) is 10.9 Å². The molecule has 0 aliphatic carbocycles.